The summed E-state index contributed by atoms with van der Waals surface area (Å²) >= 11 is 0. The van der Waals surface area contributed by atoms with Crippen LogP contribution in [0.5, 0.6) is 5.75 Å². The minimum atomic E-state index is -0.0135. The highest BCUT2D eigenvalue weighted by Crippen LogP contribution is 2.12. The highest BCUT2D eigenvalue weighted by molar-refractivity contribution is 5.93. The van der Waals surface area contributed by atoms with Crippen molar-refractivity contribution in [1.29, 1.82) is 0 Å². The number of hydrogen-bond acceptors (Lipinski definition) is 3. The predicted octanol–water partition coefficient (Wildman–Crippen LogP) is 0.726. The van der Waals surface area contributed by atoms with Gasteiger partial charge < -0.3 is 15.4 Å². The maximum absolute atomic E-state index is 11.5. The Hall–Kier alpha value is -1.55. The summed E-state index contributed by atoms with van der Waals surface area (Å²) in [7, 11) is 3.45. The van der Waals surface area contributed by atoms with Crippen LogP contribution in [0.3, 0.4) is 0 Å². The summed E-state index contributed by atoms with van der Waals surface area (Å²) in [5.41, 5.74) is 5.96. The quantitative estimate of drug-likeness (QED) is 0.793. The van der Waals surface area contributed by atoms with E-state index in [4.69, 9.17) is 10.5 Å². The Labute approximate surface area is 89.6 Å². The van der Waals surface area contributed by atoms with E-state index < -0.39 is 0 Å². The summed E-state index contributed by atoms with van der Waals surface area (Å²) < 4.78 is 5.30. The minimum absolute atomic E-state index is 0.0135. The summed E-state index contributed by atoms with van der Waals surface area (Å²) in [5.74, 6) is 0.719. The van der Waals surface area contributed by atoms with Gasteiger partial charge in [0.2, 0.25) is 0 Å². The Morgan fingerprint density at radius 3 is 2.40 bits per heavy atom. The van der Waals surface area contributed by atoms with Crippen LogP contribution in [0.15, 0.2) is 24.3 Å². The molecule has 0 bridgehead atoms. The second-order valence-corrected chi connectivity index (χ2v) is 3.36. The highest BCUT2D eigenvalue weighted by atomic mass is 16.5. The largest absolute Gasteiger partial charge is 0.492 e. The SMILES string of the molecule is CN(C)C(=O)c1ccc(OCCN)cc1. The predicted molar refractivity (Wildman–Crippen MR) is 59.0 cm³/mol. The molecule has 0 aliphatic rings. The molecule has 1 rings (SSSR count). The lowest BCUT2D eigenvalue weighted by Crippen LogP contribution is -2.21. The molecule has 0 aliphatic heterocycles. The van der Waals surface area contributed by atoms with Gasteiger partial charge in [-0.25, -0.2) is 0 Å². The molecule has 0 heterocycles. The molecule has 0 atom stereocenters. The van der Waals surface area contributed by atoms with Crippen molar-refractivity contribution in [2.75, 3.05) is 27.2 Å². The molecule has 0 aromatic heterocycles. The molecule has 1 aromatic carbocycles. The van der Waals surface area contributed by atoms with Gasteiger partial charge >= 0.3 is 0 Å². The first-order valence-electron chi connectivity index (χ1n) is 4.79. The lowest BCUT2D eigenvalue weighted by atomic mass is 10.2. The van der Waals surface area contributed by atoms with Crippen molar-refractivity contribution in [3.05, 3.63) is 29.8 Å². The Balaban J connectivity index is 2.68. The molecule has 0 saturated carbocycles. The van der Waals surface area contributed by atoms with Gasteiger partial charge in [0.05, 0.1) is 0 Å². The third-order valence-corrected chi connectivity index (χ3v) is 1.89. The first kappa shape index (κ1) is 11.5. The van der Waals surface area contributed by atoms with Crippen molar-refractivity contribution in [2.24, 2.45) is 5.73 Å². The van der Waals surface area contributed by atoms with E-state index in [1.54, 1.807) is 38.4 Å². The summed E-state index contributed by atoms with van der Waals surface area (Å²) in [5, 5.41) is 0. The first-order valence-corrected chi connectivity index (χ1v) is 4.79. The van der Waals surface area contributed by atoms with E-state index in [0.717, 1.165) is 5.75 Å². The van der Waals surface area contributed by atoms with Gasteiger partial charge in [0.1, 0.15) is 12.4 Å². The van der Waals surface area contributed by atoms with Gasteiger partial charge in [0.15, 0.2) is 0 Å². The van der Waals surface area contributed by atoms with Crippen LogP contribution in [0.2, 0.25) is 0 Å². The van der Waals surface area contributed by atoms with Gasteiger partial charge in [-0.05, 0) is 24.3 Å². The van der Waals surface area contributed by atoms with Gasteiger partial charge in [0, 0.05) is 26.2 Å². The van der Waals surface area contributed by atoms with E-state index in [9.17, 15) is 4.79 Å². The van der Waals surface area contributed by atoms with Crippen molar-refractivity contribution >= 4 is 5.91 Å². The molecule has 82 valence electrons. The highest BCUT2D eigenvalue weighted by Gasteiger charge is 2.06. The van der Waals surface area contributed by atoms with Crippen LogP contribution in [0, 0.1) is 0 Å². The molecule has 0 fully saturated rings. The zero-order valence-electron chi connectivity index (χ0n) is 9.06. The molecule has 0 radical (unpaired) electrons. The molecule has 0 unspecified atom stereocenters. The molecule has 0 aliphatic carbocycles. The Kier molecular flexibility index (Phi) is 4.12. The van der Waals surface area contributed by atoms with Gasteiger partial charge in [-0.2, -0.15) is 0 Å². The van der Waals surface area contributed by atoms with Crippen molar-refractivity contribution in [3.8, 4) is 5.75 Å². The van der Waals surface area contributed by atoms with Crippen molar-refractivity contribution in [3.63, 3.8) is 0 Å². The third kappa shape index (κ3) is 3.25. The fourth-order valence-electron chi connectivity index (χ4n) is 1.13. The second-order valence-electron chi connectivity index (χ2n) is 3.36. The van der Waals surface area contributed by atoms with E-state index in [1.807, 2.05) is 0 Å². The number of hydrogen-bond donors (Lipinski definition) is 1. The van der Waals surface area contributed by atoms with E-state index in [2.05, 4.69) is 0 Å². The lowest BCUT2D eigenvalue weighted by Gasteiger charge is -2.10. The average Bonchev–Trinajstić information content (AvgIpc) is 2.26. The fraction of sp³-hybridized carbons (Fsp3) is 0.364. The smallest absolute Gasteiger partial charge is 0.253 e. The molecule has 2 N–H and O–H groups in total. The first-order chi connectivity index (χ1) is 7.15. The van der Waals surface area contributed by atoms with Crippen molar-refractivity contribution in [1.82, 2.24) is 4.90 Å². The number of benzene rings is 1. The Morgan fingerprint density at radius 1 is 1.33 bits per heavy atom. The second kappa shape index (κ2) is 5.36. The molecule has 0 spiro atoms. The molecule has 4 nitrogen and oxygen atoms in total. The topological polar surface area (TPSA) is 55.6 Å². The van der Waals surface area contributed by atoms with E-state index in [-0.39, 0.29) is 5.91 Å². The summed E-state index contributed by atoms with van der Waals surface area (Å²) in [6.07, 6.45) is 0. The number of carbonyl (C=O) groups is 1. The van der Waals surface area contributed by atoms with Gasteiger partial charge in [-0.3, -0.25) is 4.79 Å². The minimum Gasteiger partial charge on any atom is -0.492 e. The number of carbonyl (C=O) groups excluding carboxylic acids is 1. The monoisotopic (exact) mass is 208 g/mol. The van der Waals surface area contributed by atoms with Gasteiger partial charge in [0.25, 0.3) is 5.91 Å². The van der Waals surface area contributed by atoms with Crippen LogP contribution in [-0.4, -0.2) is 38.1 Å². The number of ether oxygens (including phenoxy) is 1. The number of nitrogens with two attached hydrogens (primary N) is 1. The lowest BCUT2D eigenvalue weighted by molar-refractivity contribution is 0.0827. The Bertz CT molecular complexity index is 320. The maximum atomic E-state index is 11.5. The van der Waals surface area contributed by atoms with Crippen molar-refractivity contribution < 1.29 is 9.53 Å². The molecule has 1 amide bonds. The van der Waals surface area contributed by atoms with Crippen LogP contribution >= 0.6 is 0 Å². The molecule has 1 aromatic rings. The maximum Gasteiger partial charge on any atom is 0.253 e. The number of nitrogens with zero attached hydrogens (tertiary/aromatic N) is 1. The van der Waals surface area contributed by atoms with Crippen LogP contribution in [-0.2, 0) is 0 Å². The van der Waals surface area contributed by atoms with Crippen LogP contribution in [0.4, 0.5) is 0 Å². The van der Waals surface area contributed by atoms with Crippen LogP contribution in [0.25, 0.3) is 0 Å². The van der Waals surface area contributed by atoms with Crippen molar-refractivity contribution in [2.45, 2.75) is 0 Å². The van der Waals surface area contributed by atoms with Gasteiger partial charge in [-0.15, -0.1) is 0 Å². The normalized spacial score (nSPS) is 9.80. The number of amides is 1. The molecular formula is C11H16N2O2. The molecule has 4 heteroatoms. The van der Waals surface area contributed by atoms with Crippen LogP contribution in [0.1, 0.15) is 10.4 Å². The summed E-state index contributed by atoms with van der Waals surface area (Å²) in [6.45, 7) is 0.972. The molecule has 15 heavy (non-hydrogen) atoms. The van der Waals surface area contributed by atoms with Crippen LogP contribution < -0.4 is 10.5 Å². The van der Waals surface area contributed by atoms with E-state index in [0.29, 0.717) is 18.7 Å². The molecule has 0 saturated heterocycles. The zero-order valence-corrected chi connectivity index (χ0v) is 9.06. The van der Waals surface area contributed by atoms with E-state index >= 15 is 0 Å². The zero-order chi connectivity index (χ0) is 11.3. The third-order valence-electron chi connectivity index (χ3n) is 1.89. The van der Waals surface area contributed by atoms with Gasteiger partial charge in [-0.1, -0.05) is 0 Å². The standard InChI is InChI=1S/C11H16N2O2/c1-13(2)11(14)9-3-5-10(6-4-9)15-8-7-12/h3-6H,7-8,12H2,1-2H3. The Morgan fingerprint density at radius 2 is 1.93 bits per heavy atom. The molecular weight excluding hydrogens is 192 g/mol. The van der Waals surface area contributed by atoms with E-state index in [1.165, 1.54) is 4.90 Å². The summed E-state index contributed by atoms with van der Waals surface area (Å²) in [4.78, 5) is 13.1. The number of rotatable bonds is 4. The summed E-state index contributed by atoms with van der Waals surface area (Å²) in [6, 6.07) is 7.03. The average molecular weight is 208 g/mol. The fourth-order valence-corrected chi connectivity index (χ4v) is 1.13.